The van der Waals surface area contributed by atoms with E-state index in [4.69, 9.17) is 15.2 Å². The van der Waals surface area contributed by atoms with Crippen molar-refractivity contribution < 1.29 is 9.47 Å². The Labute approximate surface area is 126 Å². The maximum atomic E-state index is 5.77. The van der Waals surface area contributed by atoms with Crippen LogP contribution < -0.4 is 20.1 Å². The maximum Gasteiger partial charge on any atom is 0.120 e. The Kier molecular flexibility index (Phi) is 5.46. The number of benzene rings is 2. The van der Waals surface area contributed by atoms with Crippen molar-refractivity contribution in [3.63, 3.8) is 0 Å². The van der Waals surface area contributed by atoms with Crippen LogP contribution in [0.3, 0.4) is 0 Å². The molecule has 0 aliphatic rings. The number of likely N-dealkylation sites (N-methyl/N-ethyl adjacent to an activating group) is 1. The van der Waals surface area contributed by atoms with E-state index in [0.29, 0.717) is 13.2 Å². The van der Waals surface area contributed by atoms with E-state index in [1.807, 2.05) is 49.5 Å². The number of nitrogens with two attached hydrogens (primary N) is 1. The summed E-state index contributed by atoms with van der Waals surface area (Å²) in [7, 11) is 3.71. The molecule has 0 aromatic heterocycles. The Hall–Kier alpha value is -2.20. The molecule has 0 saturated heterocycles. The molecule has 0 fully saturated rings. The first-order valence-electron chi connectivity index (χ1n) is 7.00. The monoisotopic (exact) mass is 286 g/mol. The fourth-order valence-corrected chi connectivity index (χ4v) is 2.04. The first-order valence-corrected chi connectivity index (χ1v) is 7.00. The number of rotatable bonds is 7. The van der Waals surface area contributed by atoms with Gasteiger partial charge in [0.2, 0.25) is 0 Å². The maximum absolute atomic E-state index is 5.77. The minimum absolute atomic E-state index is 0.529. The minimum Gasteiger partial charge on any atom is -0.497 e. The van der Waals surface area contributed by atoms with E-state index in [1.165, 1.54) is 0 Å². The van der Waals surface area contributed by atoms with Crippen molar-refractivity contribution in [1.29, 1.82) is 0 Å². The highest BCUT2D eigenvalue weighted by Gasteiger charge is 2.03. The fourth-order valence-electron chi connectivity index (χ4n) is 2.04. The summed E-state index contributed by atoms with van der Waals surface area (Å²) in [6.45, 7) is 1.93. The van der Waals surface area contributed by atoms with Gasteiger partial charge in [0.1, 0.15) is 18.1 Å². The van der Waals surface area contributed by atoms with Crippen LogP contribution in [0.15, 0.2) is 48.5 Å². The second-order valence-corrected chi connectivity index (χ2v) is 4.82. The molecule has 2 N–H and O–H groups in total. The smallest absolute Gasteiger partial charge is 0.120 e. The lowest BCUT2D eigenvalue weighted by molar-refractivity contribution is 0.325. The molecule has 0 amide bonds. The zero-order valence-electron chi connectivity index (χ0n) is 12.6. The predicted molar refractivity (Wildman–Crippen MR) is 86.1 cm³/mol. The third-order valence-electron chi connectivity index (χ3n) is 3.32. The lowest BCUT2D eigenvalue weighted by Gasteiger charge is -2.20. The van der Waals surface area contributed by atoms with Gasteiger partial charge in [-0.2, -0.15) is 0 Å². The van der Waals surface area contributed by atoms with Crippen molar-refractivity contribution in [2.24, 2.45) is 5.73 Å². The number of hydrogen-bond acceptors (Lipinski definition) is 4. The molecule has 0 aliphatic carbocycles. The fraction of sp³-hybridized carbons (Fsp3) is 0.294. The van der Waals surface area contributed by atoms with Crippen molar-refractivity contribution in [3.05, 3.63) is 54.1 Å². The molecule has 4 nitrogen and oxygen atoms in total. The van der Waals surface area contributed by atoms with Gasteiger partial charge in [0, 0.05) is 25.3 Å². The minimum atomic E-state index is 0.529. The molecule has 0 bridgehead atoms. The van der Waals surface area contributed by atoms with E-state index in [9.17, 15) is 0 Å². The highest BCUT2D eigenvalue weighted by Crippen LogP contribution is 2.20. The van der Waals surface area contributed by atoms with Crippen LogP contribution in [-0.2, 0) is 6.54 Å². The van der Waals surface area contributed by atoms with Crippen molar-refractivity contribution in [2.75, 3.05) is 32.2 Å². The van der Waals surface area contributed by atoms with Gasteiger partial charge in [-0.25, -0.2) is 0 Å². The number of anilines is 1. The van der Waals surface area contributed by atoms with Crippen LogP contribution >= 0.6 is 0 Å². The average molecular weight is 286 g/mol. The van der Waals surface area contributed by atoms with E-state index in [2.05, 4.69) is 11.0 Å². The SMILES string of the molecule is COc1cccc(N(C)CCOc2cccc(CN)c2)c1. The van der Waals surface area contributed by atoms with Gasteiger partial charge in [-0.05, 0) is 29.8 Å². The van der Waals surface area contributed by atoms with Crippen LogP contribution in [0.25, 0.3) is 0 Å². The molecule has 4 heteroatoms. The van der Waals surface area contributed by atoms with Gasteiger partial charge in [0.05, 0.1) is 13.7 Å². The van der Waals surface area contributed by atoms with E-state index < -0.39 is 0 Å². The third kappa shape index (κ3) is 4.39. The molecule has 0 heterocycles. The standard InChI is InChI=1S/C17H22N2O2/c1-19(15-6-4-7-16(12-15)20-2)9-10-21-17-8-3-5-14(11-17)13-18/h3-8,11-12H,9-10,13,18H2,1-2H3. The lowest BCUT2D eigenvalue weighted by atomic mass is 10.2. The number of methoxy groups -OCH3 is 1. The van der Waals surface area contributed by atoms with Crippen LogP contribution in [0, 0.1) is 0 Å². The van der Waals surface area contributed by atoms with Gasteiger partial charge in [0.15, 0.2) is 0 Å². The molecule has 2 rings (SSSR count). The number of ether oxygens (including phenoxy) is 2. The Morgan fingerprint density at radius 1 is 1.05 bits per heavy atom. The van der Waals surface area contributed by atoms with Crippen molar-refractivity contribution in [3.8, 4) is 11.5 Å². The Bertz CT molecular complexity index is 572. The summed E-state index contributed by atoms with van der Waals surface area (Å²) in [6, 6.07) is 15.9. The summed E-state index contributed by atoms with van der Waals surface area (Å²) >= 11 is 0. The summed E-state index contributed by atoms with van der Waals surface area (Å²) < 4.78 is 11.0. The Morgan fingerprint density at radius 2 is 1.81 bits per heavy atom. The zero-order valence-corrected chi connectivity index (χ0v) is 12.6. The molecular weight excluding hydrogens is 264 g/mol. The molecular formula is C17H22N2O2. The van der Waals surface area contributed by atoms with E-state index >= 15 is 0 Å². The van der Waals surface area contributed by atoms with Crippen molar-refractivity contribution in [1.82, 2.24) is 0 Å². The average Bonchev–Trinajstić information content (AvgIpc) is 2.55. The van der Waals surface area contributed by atoms with Gasteiger partial charge in [-0.3, -0.25) is 0 Å². The first kappa shape index (κ1) is 15.2. The van der Waals surface area contributed by atoms with E-state index in [-0.39, 0.29) is 0 Å². The van der Waals surface area contributed by atoms with E-state index in [1.54, 1.807) is 7.11 Å². The third-order valence-corrected chi connectivity index (χ3v) is 3.32. The summed E-state index contributed by atoms with van der Waals surface area (Å²) in [5, 5.41) is 0. The second kappa shape index (κ2) is 7.55. The molecule has 112 valence electrons. The molecule has 21 heavy (non-hydrogen) atoms. The molecule has 0 unspecified atom stereocenters. The van der Waals surface area contributed by atoms with Gasteiger partial charge >= 0.3 is 0 Å². The quantitative estimate of drug-likeness (QED) is 0.850. The van der Waals surface area contributed by atoms with Crippen LogP contribution in [0.4, 0.5) is 5.69 Å². The van der Waals surface area contributed by atoms with Crippen molar-refractivity contribution in [2.45, 2.75) is 6.54 Å². The summed E-state index contributed by atoms with van der Waals surface area (Å²) in [5.41, 5.74) is 7.81. The highest BCUT2D eigenvalue weighted by atomic mass is 16.5. The van der Waals surface area contributed by atoms with Gasteiger partial charge < -0.3 is 20.1 Å². The van der Waals surface area contributed by atoms with Gasteiger partial charge in [-0.1, -0.05) is 18.2 Å². The number of nitrogens with zero attached hydrogens (tertiary/aromatic N) is 1. The van der Waals surface area contributed by atoms with Gasteiger partial charge in [0.25, 0.3) is 0 Å². The first-order chi connectivity index (χ1) is 10.2. The molecule has 0 saturated carbocycles. The molecule has 0 radical (unpaired) electrons. The van der Waals surface area contributed by atoms with Crippen LogP contribution in [0.5, 0.6) is 11.5 Å². The van der Waals surface area contributed by atoms with Crippen LogP contribution in [0.1, 0.15) is 5.56 Å². The molecule has 0 atom stereocenters. The molecule has 2 aromatic rings. The number of hydrogen-bond donors (Lipinski definition) is 1. The summed E-state index contributed by atoms with van der Waals surface area (Å²) in [4.78, 5) is 2.13. The van der Waals surface area contributed by atoms with Crippen molar-refractivity contribution >= 4 is 5.69 Å². The predicted octanol–water partition coefficient (Wildman–Crippen LogP) is 2.67. The van der Waals surface area contributed by atoms with Crippen LogP contribution in [-0.4, -0.2) is 27.3 Å². The topological polar surface area (TPSA) is 47.7 Å². The molecule has 0 spiro atoms. The van der Waals surface area contributed by atoms with Gasteiger partial charge in [-0.15, -0.1) is 0 Å². The molecule has 2 aromatic carbocycles. The van der Waals surface area contributed by atoms with Crippen LogP contribution in [0.2, 0.25) is 0 Å². The molecule has 0 aliphatic heterocycles. The largest absolute Gasteiger partial charge is 0.497 e. The second-order valence-electron chi connectivity index (χ2n) is 4.82. The Morgan fingerprint density at radius 3 is 2.57 bits per heavy atom. The Balaban J connectivity index is 1.87. The van der Waals surface area contributed by atoms with E-state index in [0.717, 1.165) is 29.3 Å². The lowest BCUT2D eigenvalue weighted by Crippen LogP contribution is -2.23. The normalized spacial score (nSPS) is 10.2. The summed E-state index contributed by atoms with van der Waals surface area (Å²) in [6.07, 6.45) is 0. The zero-order chi connectivity index (χ0) is 15.1. The highest BCUT2D eigenvalue weighted by molar-refractivity contribution is 5.50. The summed E-state index contributed by atoms with van der Waals surface area (Å²) in [5.74, 6) is 1.72.